The normalized spacial score (nSPS) is 12.0. The molecule has 35 heavy (non-hydrogen) atoms. The van der Waals surface area contributed by atoms with Crippen LogP contribution < -0.4 is 10.2 Å². The number of aliphatic hydroxyl groups is 2. The van der Waals surface area contributed by atoms with E-state index in [4.69, 9.17) is 9.57 Å². The van der Waals surface area contributed by atoms with Gasteiger partial charge in [-0.05, 0) is 36.1 Å². The van der Waals surface area contributed by atoms with Gasteiger partial charge < -0.3 is 14.9 Å². The number of nitrogens with one attached hydrogen (secondary N) is 1. The number of benzene rings is 2. The fourth-order valence-corrected chi connectivity index (χ4v) is 3.87. The van der Waals surface area contributed by atoms with Gasteiger partial charge in [-0.2, -0.15) is 4.98 Å². The Morgan fingerprint density at radius 2 is 1.89 bits per heavy atom. The molecule has 0 fully saturated rings. The third kappa shape index (κ3) is 6.57. The molecule has 0 atom stereocenters. The van der Waals surface area contributed by atoms with Gasteiger partial charge in [-0.25, -0.2) is 5.48 Å². The Balaban J connectivity index is 1.96. The number of rotatable bonds is 11. The van der Waals surface area contributed by atoms with E-state index in [1.807, 2.05) is 54.8 Å². The van der Waals surface area contributed by atoms with Crippen LogP contribution in [0, 0.1) is 0 Å². The molecule has 0 saturated heterocycles. The highest BCUT2D eigenvalue weighted by Gasteiger charge is 2.19. The second-order valence-corrected chi connectivity index (χ2v) is 7.86. The van der Waals surface area contributed by atoms with Gasteiger partial charge in [-0.3, -0.25) is 14.4 Å². The van der Waals surface area contributed by atoms with Crippen molar-refractivity contribution in [3.05, 3.63) is 77.1 Å². The minimum atomic E-state index is -1.48. The average molecular weight is 479 g/mol. The maximum absolute atomic E-state index is 9.70. The fourth-order valence-electron chi connectivity index (χ4n) is 3.87. The van der Waals surface area contributed by atoms with Gasteiger partial charge in [0.15, 0.2) is 12.1 Å². The number of imidazole rings is 1. The number of aliphatic imine (C=N–C) groups is 1. The molecule has 0 aliphatic heterocycles. The molecular formula is C27H34N4O4. The molecule has 0 spiro atoms. The van der Waals surface area contributed by atoms with Crippen LogP contribution in [0.4, 0.5) is 0 Å². The number of amidine groups is 1. The van der Waals surface area contributed by atoms with Crippen molar-refractivity contribution >= 4 is 11.9 Å². The Labute approximate surface area is 206 Å². The summed E-state index contributed by atoms with van der Waals surface area (Å²) in [5, 5.41) is 19.4. The first-order chi connectivity index (χ1) is 17.0. The lowest BCUT2D eigenvalue weighted by atomic mass is 9.98. The van der Waals surface area contributed by atoms with E-state index in [-0.39, 0.29) is 6.42 Å². The van der Waals surface area contributed by atoms with Gasteiger partial charge in [-0.1, -0.05) is 61.5 Å². The van der Waals surface area contributed by atoms with Crippen molar-refractivity contribution in [3.8, 4) is 17.1 Å². The molecule has 2 aromatic carbocycles. The zero-order chi connectivity index (χ0) is 25.2. The van der Waals surface area contributed by atoms with E-state index < -0.39 is 6.29 Å². The summed E-state index contributed by atoms with van der Waals surface area (Å²) in [5.41, 5.74) is 8.27. The van der Waals surface area contributed by atoms with Crippen LogP contribution in [0.1, 0.15) is 42.8 Å². The van der Waals surface area contributed by atoms with Gasteiger partial charge >= 0.3 is 0 Å². The number of aliphatic hydroxyl groups excluding tert-OH is 1. The van der Waals surface area contributed by atoms with Crippen LogP contribution in [0.5, 0.6) is 6.01 Å². The van der Waals surface area contributed by atoms with Crippen molar-refractivity contribution in [3.63, 3.8) is 0 Å². The molecule has 0 unspecified atom stereocenters. The largest absolute Gasteiger partial charge is 0.465 e. The molecule has 8 heteroatoms. The second kappa shape index (κ2) is 12.9. The lowest BCUT2D eigenvalue weighted by molar-refractivity contribution is -0.0394. The van der Waals surface area contributed by atoms with Crippen LogP contribution in [0.15, 0.2) is 59.6 Å². The summed E-state index contributed by atoms with van der Waals surface area (Å²) in [4.78, 5) is 14.0. The molecule has 186 valence electrons. The summed E-state index contributed by atoms with van der Waals surface area (Å²) in [5.74, 6) is 0.645. The van der Waals surface area contributed by atoms with Crippen molar-refractivity contribution in [2.75, 3.05) is 20.8 Å². The molecule has 3 rings (SSSR count). The summed E-state index contributed by atoms with van der Waals surface area (Å²) < 4.78 is 7.69. The highest BCUT2D eigenvalue weighted by Crippen LogP contribution is 2.27. The van der Waals surface area contributed by atoms with E-state index in [0.717, 1.165) is 34.4 Å². The van der Waals surface area contributed by atoms with Gasteiger partial charge in [0.2, 0.25) is 0 Å². The monoisotopic (exact) mass is 478 g/mol. The quantitative estimate of drug-likeness (QED) is 0.168. The second-order valence-electron chi connectivity index (χ2n) is 7.86. The molecule has 1 aromatic heterocycles. The van der Waals surface area contributed by atoms with E-state index >= 15 is 0 Å². The van der Waals surface area contributed by atoms with Crippen LogP contribution in [0.25, 0.3) is 17.2 Å². The third-order valence-corrected chi connectivity index (χ3v) is 5.44. The van der Waals surface area contributed by atoms with Crippen molar-refractivity contribution in [2.45, 2.75) is 39.5 Å². The molecule has 1 heterocycles. The summed E-state index contributed by atoms with van der Waals surface area (Å²) in [6.45, 7) is 4.89. The molecule has 8 nitrogen and oxygen atoms in total. The van der Waals surface area contributed by atoms with Gasteiger partial charge in [0.25, 0.3) is 6.01 Å². The van der Waals surface area contributed by atoms with Crippen molar-refractivity contribution in [2.24, 2.45) is 4.99 Å². The highest BCUT2D eigenvalue weighted by molar-refractivity contribution is 6.03. The molecule has 3 N–H and O–H groups in total. The van der Waals surface area contributed by atoms with Gasteiger partial charge in [0, 0.05) is 19.0 Å². The highest BCUT2D eigenvalue weighted by atomic mass is 16.6. The maximum atomic E-state index is 9.70. The Bertz CT molecular complexity index is 1150. The summed E-state index contributed by atoms with van der Waals surface area (Å²) in [6.07, 6.45) is 3.32. The average Bonchev–Trinajstić information content (AvgIpc) is 3.17. The molecule has 0 bridgehead atoms. The van der Waals surface area contributed by atoms with Crippen molar-refractivity contribution in [1.82, 2.24) is 15.0 Å². The molecular weight excluding hydrogens is 444 g/mol. The first kappa shape index (κ1) is 26.2. The SMILES string of the molecule is CC/C=C\c1nc(OCC)n(Cc2ccc(-c3ccccc3C(=NC)NOC)cc2)c1CC(O)O. The van der Waals surface area contributed by atoms with Crippen LogP contribution in [0.3, 0.4) is 0 Å². The van der Waals surface area contributed by atoms with Crippen LogP contribution in [-0.2, 0) is 17.8 Å². The predicted molar refractivity (Wildman–Crippen MR) is 138 cm³/mol. The van der Waals surface area contributed by atoms with Crippen molar-refractivity contribution in [1.29, 1.82) is 0 Å². The van der Waals surface area contributed by atoms with E-state index in [2.05, 4.69) is 39.7 Å². The lowest BCUT2D eigenvalue weighted by Gasteiger charge is -2.15. The van der Waals surface area contributed by atoms with E-state index in [0.29, 0.717) is 30.7 Å². The van der Waals surface area contributed by atoms with E-state index in [9.17, 15) is 10.2 Å². The standard InChI is InChI=1S/C27H34N4O4/c1-5-7-12-23-24(17-25(32)33)31(27(29-23)35-6-2)18-19-13-15-20(16-14-19)21-10-8-9-11-22(21)26(28-3)30-34-4/h7-16,25,32-33H,5-6,17-18H2,1-4H3,(H,28,30)/b12-7-. The zero-order valence-corrected chi connectivity index (χ0v) is 20.7. The topological polar surface area (TPSA) is 101 Å². The predicted octanol–water partition coefficient (Wildman–Crippen LogP) is 3.80. The summed E-state index contributed by atoms with van der Waals surface area (Å²) in [7, 11) is 3.27. The van der Waals surface area contributed by atoms with E-state index in [1.165, 1.54) is 0 Å². The number of nitrogens with zero attached hydrogens (tertiary/aromatic N) is 3. The molecule has 0 aliphatic rings. The Kier molecular flexibility index (Phi) is 9.60. The summed E-state index contributed by atoms with van der Waals surface area (Å²) in [6, 6.07) is 16.7. The maximum Gasteiger partial charge on any atom is 0.297 e. The Hall–Kier alpha value is -3.46. The van der Waals surface area contributed by atoms with Crippen molar-refractivity contribution < 1.29 is 19.8 Å². The Morgan fingerprint density at radius 1 is 1.14 bits per heavy atom. The molecule has 0 radical (unpaired) electrons. The number of hydrogen-bond acceptors (Lipinski definition) is 6. The number of aromatic nitrogens is 2. The zero-order valence-electron chi connectivity index (χ0n) is 20.7. The smallest absolute Gasteiger partial charge is 0.297 e. The van der Waals surface area contributed by atoms with Gasteiger partial charge in [0.1, 0.15) is 0 Å². The Morgan fingerprint density at radius 3 is 2.51 bits per heavy atom. The van der Waals surface area contributed by atoms with Crippen LogP contribution in [-0.4, -0.2) is 52.7 Å². The van der Waals surface area contributed by atoms with Crippen LogP contribution >= 0.6 is 0 Å². The lowest BCUT2D eigenvalue weighted by Crippen LogP contribution is -2.23. The molecule has 0 saturated carbocycles. The summed E-state index contributed by atoms with van der Waals surface area (Å²) >= 11 is 0. The van der Waals surface area contributed by atoms with Gasteiger partial charge in [0.05, 0.1) is 31.6 Å². The number of hydroxylamine groups is 1. The van der Waals surface area contributed by atoms with Crippen LogP contribution in [0.2, 0.25) is 0 Å². The molecule has 3 aromatic rings. The number of hydrogen-bond donors (Lipinski definition) is 3. The minimum absolute atomic E-state index is 0.0561. The first-order valence-electron chi connectivity index (χ1n) is 11.7. The third-order valence-electron chi connectivity index (χ3n) is 5.44. The first-order valence-corrected chi connectivity index (χ1v) is 11.7. The molecule has 0 amide bonds. The number of ether oxygens (including phenoxy) is 1. The number of allylic oxidation sites excluding steroid dienone is 1. The fraction of sp³-hybridized carbons (Fsp3) is 0.333. The molecule has 0 aliphatic carbocycles. The van der Waals surface area contributed by atoms with E-state index in [1.54, 1.807) is 14.2 Å². The van der Waals surface area contributed by atoms with Gasteiger partial charge in [-0.15, -0.1) is 0 Å². The minimum Gasteiger partial charge on any atom is -0.465 e.